The molecule has 2 aromatic rings. The minimum atomic E-state index is -0.837. The van der Waals surface area contributed by atoms with Crippen molar-refractivity contribution in [3.05, 3.63) is 29.6 Å². The molecule has 2 aliphatic rings. The largest absolute Gasteiger partial charge is 0.389 e. The number of aliphatic hydroxyl groups is 1. The third kappa shape index (κ3) is 2.54. The molecule has 150 valence electrons. The average Bonchev–Trinajstić information content (AvgIpc) is 3.07. The Balaban J connectivity index is 1.55. The van der Waals surface area contributed by atoms with Gasteiger partial charge < -0.3 is 9.67 Å². The second kappa shape index (κ2) is 6.14. The first-order valence-electron chi connectivity index (χ1n) is 10.0. The van der Waals surface area contributed by atoms with Gasteiger partial charge in [-0.3, -0.25) is 14.5 Å². The van der Waals surface area contributed by atoms with Crippen LogP contribution in [0.5, 0.6) is 0 Å². The van der Waals surface area contributed by atoms with Gasteiger partial charge in [-0.15, -0.1) is 0 Å². The van der Waals surface area contributed by atoms with Crippen molar-refractivity contribution in [2.45, 2.75) is 60.1 Å². The van der Waals surface area contributed by atoms with Gasteiger partial charge in [0.25, 0.3) is 0 Å². The molecule has 2 amide bonds. The number of β-amino-alcohol motifs (C(OH)–C–C–N with tert-alkyl or cyclic N) is 1. The fourth-order valence-corrected chi connectivity index (χ4v) is 5.03. The van der Waals surface area contributed by atoms with Gasteiger partial charge in [-0.2, -0.15) is 0 Å². The van der Waals surface area contributed by atoms with Gasteiger partial charge in [0.2, 0.25) is 11.8 Å². The fraction of sp³-hybridized carbons (Fsp3) is 0.591. The second-order valence-electron chi connectivity index (χ2n) is 9.37. The number of piperidine rings is 1. The number of amides is 2. The molecule has 3 unspecified atom stereocenters. The lowest BCUT2D eigenvalue weighted by molar-refractivity contribution is -0.169. The number of aliphatic hydroxyl groups excluding tert-OH is 1. The molecule has 2 bridgehead atoms. The molecule has 1 saturated carbocycles. The Hall–Kier alpha value is -2.21. The molecule has 1 aromatic heterocycles. The normalized spacial score (nSPS) is 27.6. The zero-order valence-electron chi connectivity index (χ0n) is 17.3. The number of hydrogen-bond acceptors (Lipinski definition) is 4. The number of nitrogens with zero attached hydrogens (tertiary/aromatic N) is 3. The van der Waals surface area contributed by atoms with Gasteiger partial charge in [0, 0.05) is 5.92 Å². The molecular formula is C22H29N3O3. The van der Waals surface area contributed by atoms with Crippen LogP contribution in [0.2, 0.25) is 0 Å². The van der Waals surface area contributed by atoms with E-state index >= 15 is 0 Å². The highest BCUT2D eigenvalue weighted by atomic mass is 16.3. The molecular weight excluding hydrogens is 354 g/mol. The zero-order chi connectivity index (χ0) is 20.4. The summed E-state index contributed by atoms with van der Waals surface area (Å²) in [4.78, 5) is 31.8. The van der Waals surface area contributed by atoms with Crippen LogP contribution in [0.4, 0.5) is 0 Å². The number of imide groups is 1. The highest BCUT2D eigenvalue weighted by Crippen LogP contribution is 2.60. The maximum atomic E-state index is 13.1. The van der Waals surface area contributed by atoms with Crippen molar-refractivity contribution < 1.29 is 14.7 Å². The summed E-state index contributed by atoms with van der Waals surface area (Å²) >= 11 is 0. The summed E-state index contributed by atoms with van der Waals surface area (Å²) in [6, 6.07) is 4.09. The highest BCUT2D eigenvalue weighted by molar-refractivity contribution is 6.03. The molecule has 2 heterocycles. The minimum absolute atomic E-state index is 0.0321. The molecule has 6 nitrogen and oxygen atoms in total. The lowest BCUT2D eigenvalue weighted by Gasteiger charge is -2.48. The van der Waals surface area contributed by atoms with Crippen LogP contribution < -0.4 is 0 Å². The number of hydrogen-bond donors (Lipinski definition) is 1. The van der Waals surface area contributed by atoms with Crippen molar-refractivity contribution in [1.29, 1.82) is 0 Å². The van der Waals surface area contributed by atoms with Crippen LogP contribution in [0.1, 0.15) is 44.7 Å². The Morgan fingerprint density at radius 1 is 1.18 bits per heavy atom. The maximum Gasteiger partial charge on any atom is 0.235 e. The van der Waals surface area contributed by atoms with E-state index in [1.165, 1.54) is 10.5 Å². The number of benzene rings is 1. The molecule has 4 rings (SSSR count). The van der Waals surface area contributed by atoms with Crippen LogP contribution in [-0.4, -0.2) is 44.0 Å². The topological polar surface area (TPSA) is 75.4 Å². The van der Waals surface area contributed by atoms with Crippen LogP contribution in [0, 0.1) is 30.6 Å². The lowest BCUT2D eigenvalue weighted by atomic mass is 9.62. The number of rotatable bonds is 4. The Bertz CT molecular complexity index is 977. The number of carbonyl (C=O) groups excluding carboxylic acids is 2. The predicted molar refractivity (Wildman–Crippen MR) is 107 cm³/mol. The van der Waals surface area contributed by atoms with Crippen molar-refractivity contribution in [2.24, 2.45) is 16.7 Å². The van der Waals surface area contributed by atoms with Gasteiger partial charge in [-0.05, 0) is 55.4 Å². The monoisotopic (exact) mass is 383 g/mol. The fourth-order valence-electron chi connectivity index (χ4n) is 5.03. The molecule has 6 heteroatoms. The summed E-state index contributed by atoms with van der Waals surface area (Å²) in [7, 11) is 0. The summed E-state index contributed by atoms with van der Waals surface area (Å²) in [6.45, 7) is 10.4. The molecule has 1 aromatic carbocycles. The molecule has 1 saturated heterocycles. The van der Waals surface area contributed by atoms with E-state index in [4.69, 9.17) is 0 Å². The number of fused-ring (bicyclic) bond motifs is 3. The van der Waals surface area contributed by atoms with E-state index in [-0.39, 0.29) is 29.7 Å². The van der Waals surface area contributed by atoms with Gasteiger partial charge in [0.05, 0.1) is 42.0 Å². The van der Waals surface area contributed by atoms with Gasteiger partial charge in [-0.1, -0.05) is 20.8 Å². The van der Waals surface area contributed by atoms with E-state index < -0.39 is 11.5 Å². The first kappa shape index (κ1) is 19.1. The van der Waals surface area contributed by atoms with Crippen molar-refractivity contribution in [3.8, 4) is 0 Å². The molecule has 0 radical (unpaired) electrons. The average molecular weight is 383 g/mol. The molecule has 0 spiro atoms. The van der Waals surface area contributed by atoms with Gasteiger partial charge in [0.1, 0.15) is 0 Å². The van der Waals surface area contributed by atoms with E-state index in [1.807, 2.05) is 45.3 Å². The van der Waals surface area contributed by atoms with E-state index in [0.29, 0.717) is 6.54 Å². The molecule has 28 heavy (non-hydrogen) atoms. The van der Waals surface area contributed by atoms with Crippen molar-refractivity contribution in [2.75, 3.05) is 6.54 Å². The summed E-state index contributed by atoms with van der Waals surface area (Å²) in [5.41, 5.74) is 3.30. The second-order valence-corrected chi connectivity index (χ2v) is 9.37. The van der Waals surface area contributed by atoms with Crippen molar-refractivity contribution in [3.63, 3.8) is 0 Å². The van der Waals surface area contributed by atoms with Gasteiger partial charge in [0.15, 0.2) is 0 Å². The zero-order valence-corrected chi connectivity index (χ0v) is 17.3. The molecule has 1 aliphatic heterocycles. The number of carbonyl (C=O) groups is 2. The summed E-state index contributed by atoms with van der Waals surface area (Å²) in [5, 5.41) is 10.7. The van der Waals surface area contributed by atoms with E-state index in [9.17, 15) is 14.7 Å². The third-order valence-electron chi connectivity index (χ3n) is 7.54. The number of imidazole rings is 1. The van der Waals surface area contributed by atoms with E-state index in [2.05, 4.69) is 11.1 Å². The molecule has 1 N–H and O–H groups in total. The number of likely N-dealkylation sites (tertiary alicyclic amines) is 1. The maximum absolute atomic E-state index is 13.1. The predicted octanol–water partition coefficient (Wildman–Crippen LogP) is 2.83. The van der Waals surface area contributed by atoms with E-state index in [1.54, 1.807) is 6.33 Å². The van der Waals surface area contributed by atoms with Crippen molar-refractivity contribution in [1.82, 2.24) is 14.5 Å². The van der Waals surface area contributed by atoms with Crippen LogP contribution in [-0.2, 0) is 16.1 Å². The molecule has 3 atom stereocenters. The first-order chi connectivity index (χ1) is 13.1. The molecule has 2 fully saturated rings. The van der Waals surface area contributed by atoms with Crippen LogP contribution in [0.3, 0.4) is 0 Å². The van der Waals surface area contributed by atoms with Crippen LogP contribution in [0.15, 0.2) is 18.5 Å². The van der Waals surface area contributed by atoms with Gasteiger partial charge >= 0.3 is 0 Å². The standard InChI is InChI=1S/C22H29N3O3/c1-13-8-17-18(9-14(13)2)24(12-23-17)10-15(26)11-25-19(27)16-6-7-22(5,20(25)28)21(16,3)4/h8-9,12,15-16,26H,6-7,10-11H2,1-5H3. The summed E-state index contributed by atoms with van der Waals surface area (Å²) in [6.07, 6.45) is 2.34. The van der Waals surface area contributed by atoms with Crippen molar-refractivity contribution >= 4 is 22.8 Å². The Labute approximate surface area is 165 Å². The summed E-state index contributed by atoms with van der Waals surface area (Å²) < 4.78 is 1.89. The number of aryl methyl sites for hydroxylation is 2. The Morgan fingerprint density at radius 3 is 2.57 bits per heavy atom. The Kier molecular flexibility index (Phi) is 4.20. The highest BCUT2D eigenvalue weighted by Gasteiger charge is 2.64. The van der Waals surface area contributed by atoms with Crippen LogP contribution >= 0.6 is 0 Å². The smallest absolute Gasteiger partial charge is 0.235 e. The van der Waals surface area contributed by atoms with E-state index in [0.717, 1.165) is 29.4 Å². The third-order valence-corrected chi connectivity index (χ3v) is 7.54. The quantitative estimate of drug-likeness (QED) is 0.824. The summed E-state index contributed by atoms with van der Waals surface area (Å²) in [5.74, 6) is -0.426. The van der Waals surface area contributed by atoms with Crippen LogP contribution in [0.25, 0.3) is 11.0 Å². The Morgan fingerprint density at radius 2 is 1.86 bits per heavy atom. The van der Waals surface area contributed by atoms with Gasteiger partial charge in [-0.25, -0.2) is 4.98 Å². The SMILES string of the molecule is Cc1cc2ncn(CC(O)CN3C(=O)C4CCC(C)(C3=O)C4(C)C)c2cc1C. The lowest BCUT2D eigenvalue weighted by Crippen LogP contribution is -2.60. The minimum Gasteiger partial charge on any atom is -0.389 e. The molecule has 1 aliphatic carbocycles. The number of aromatic nitrogens is 2. The first-order valence-corrected chi connectivity index (χ1v) is 10.0.